The quantitative estimate of drug-likeness (QED) is 0.118. The summed E-state index contributed by atoms with van der Waals surface area (Å²) in [6, 6.07) is 31.6. The number of Topliss-reactive ketones (excluding diaryl/α,β-unsaturated/α-hetero) is 1. The molecule has 0 spiro atoms. The molecule has 0 saturated carbocycles. The van der Waals surface area contributed by atoms with Crippen molar-refractivity contribution >= 4 is 105 Å². The maximum atomic E-state index is 14.1. The number of aromatic nitrogens is 4. The Hall–Kier alpha value is -5.15. The van der Waals surface area contributed by atoms with E-state index in [0.29, 0.717) is 24.2 Å². The molecule has 0 radical (unpaired) electrons. The van der Waals surface area contributed by atoms with Crippen molar-refractivity contribution in [3.8, 4) is 0 Å². The molecule has 0 bridgehead atoms. The van der Waals surface area contributed by atoms with E-state index in [2.05, 4.69) is 25.3 Å². The maximum Gasteiger partial charge on any atom is 0.249 e. The minimum absolute atomic E-state index is 0. The molecule has 2 atom stereocenters. The van der Waals surface area contributed by atoms with E-state index in [1.165, 1.54) is 17.5 Å². The molecule has 54 heavy (non-hydrogen) atoms. The molecule has 7 rings (SSSR count). The predicted octanol–water partition coefficient (Wildman–Crippen LogP) is 7.70. The molecule has 14 heteroatoms. The number of nitrogens with one attached hydrogen (secondary N) is 1. The van der Waals surface area contributed by atoms with Gasteiger partial charge < -0.3 is 15.1 Å². The van der Waals surface area contributed by atoms with Crippen LogP contribution in [0.15, 0.2) is 120 Å². The average molecular weight is 794 g/mol. The number of nitrogens with zero attached hydrogens (tertiary/aromatic N) is 6. The minimum Gasteiger partial charge on any atom is -0.342 e. The van der Waals surface area contributed by atoms with Gasteiger partial charge in [0.05, 0.1) is 31.5 Å². The number of hydrogen-bond donors (Lipinski definition) is 1. The van der Waals surface area contributed by atoms with Crippen molar-refractivity contribution in [3.05, 3.63) is 137 Å². The number of thiazole rings is 2. The molecule has 0 aliphatic carbocycles. The molecule has 0 fully saturated rings. The summed E-state index contributed by atoms with van der Waals surface area (Å²) in [7, 11) is 3.45. The van der Waals surface area contributed by atoms with Gasteiger partial charge in [0.15, 0.2) is 5.78 Å². The molecule has 4 aromatic carbocycles. The first kappa shape index (κ1) is 40.0. The zero-order valence-corrected chi connectivity index (χ0v) is 33.2. The van der Waals surface area contributed by atoms with Crippen molar-refractivity contribution in [2.45, 2.75) is 25.3 Å². The summed E-state index contributed by atoms with van der Waals surface area (Å²) in [6.07, 6.45) is 2.16. The van der Waals surface area contributed by atoms with Crippen LogP contribution in [-0.4, -0.2) is 57.7 Å². The van der Waals surface area contributed by atoms with E-state index >= 15 is 0 Å². The van der Waals surface area contributed by atoms with E-state index in [-0.39, 0.29) is 62.7 Å². The minimum atomic E-state index is -0.750. The lowest BCUT2D eigenvalue weighted by Gasteiger charge is -2.25. The zero-order chi connectivity index (χ0) is 36.0. The number of anilines is 3. The number of ketones is 1. The number of amides is 2. The molecule has 0 aliphatic heterocycles. The van der Waals surface area contributed by atoms with E-state index in [9.17, 15) is 14.4 Å². The first-order valence-corrected chi connectivity index (χ1v) is 18.5. The van der Waals surface area contributed by atoms with Crippen LogP contribution in [0, 0.1) is 5.92 Å². The van der Waals surface area contributed by atoms with Gasteiger partial charge in [-0.3, -0.25) is 14.4 Å². The van der Waals surface area contributed by atoms with Crippen LogP contribution >= 0.6 is 49.7 Å². The second kappa shape index (κ2) is 18.3. The SMILES string of the molecule is CN(C(=O)[C@@H](CC(=O)c1ccnc(N[C@@H](Cc2ccccc2)C(=O)N(C)c2ccc3scnc3c2)n1)Cc1ccccc1)c1ccc2scnc2c1.S.S. The van der Waals surface area contributed by atoms with E-state index in [0.717, 1.165) is 31.6 Å². The number of hydrogen-bond acceptors (Lipinski definition) is 10. The molecule has 10 nitrogen and oxygen atoms in total. The molecule has 3 heterocycles. The van der Waals surface area contributed by atoms with Gasteiger partial charge >= 0.3 is 0 Å². The Balaban J connectivity index is 0.00000280. The van der Waals surface area contributed by atoms with Crippen LogP contribution in [0.25, 0.3) is 20.4 Å². The summed E-state index contributed by atoms with van der Waals surface area (Å²) in [4.78, 5) is 63.0. The molecule has 276 valence electrons. The smallest absolute Gasteiger partial charge is 0.249 e. The lowest BCUT2D eigenvalue weighted by Crippen LogP contribution is -2.42. The highest BCUT2D eigenvalue weighted by molar-refractivity contribution is 7.59. The fourth-order valence-electron chi connectivity index (χ4n) is 6.13. The third-order valence-corrected chi connectivity index (χ3v) is 10.6. The molecule has 0 unspecified atom stereocenters. The third kappa shape index (κ3) is 9.31. The topological polar surface area (TPSA) is 121 Å². The number of fused-ring (bicyclic) bond motifs is 2. The fraction of sp³-hybridized carbons (Fsp3) is 0.175. The second-order valence-electron chi connectivity index (χ2n) is 12.5. The van der Waals surface area contributed by atoms with Gasteiger partial charge in [-0.2, -0.15) is 27.0 Å². The van der Waals surface area contributed by atoms with Gasteiger partial charge in [0.1, 0.15) is 11.7 Å². The Morgan fingerprint density at radius 2 is 1.20 bits per heavy atom. The predicted molar refractivity (Wildman–Crippen MR) is 229 cm³/mol. The van der Waals surface area contributed by atoms with Crippen LogP contribution < -0.4 is 15.1 Å². The maximum absolute atomic E-state index is 14.1. The number of likely N-dealkylation sites (N-methyl/N-ethyl adjacent to an activating group) is 1. The summed E-state index contributed by atoms with van der Waals surface area (Å²) in [5.74, 6) is -1.21. The summed E-state index contributed by atoms with van der Waals surface area (Å²) in [5.41, 5.74) is 8.65. The highest BCUT2D eigenvalue weighted by Crippen LogP contribution is 2.27. The van der Waals surface area contributed by atoms with Crippen molar-refractivity contribution in [1.82, 2.24) is 19.9 Å². The van der Waals surface area contributed by atoms with Crippen LogP contribution in [0.5, 0.6) is 0 Å². The Kier molecular flexibility index (Phi) is 13.5. The molecule has 7 aromatic rings. The van der Waals surface area contributed by atoms with Crippen molar-refractivity contribution in [2.75, 3.05) is 29.2 Å². The van der Waals surface area contributed by atoms with Crippen molar-refractivity contribution in [3.63, 3.8) is 0 Å². The summed E-state index contributed by atoms with van der Waals surface area (Å²) < 4.78 is 2.07. The fourth-order valence-corrected chi connectivity index (χ4v) is 7.45. The number of rotatable bonds is 13. The molecule has 3 aromatic heterocycles. The van der Waals surface area contributed by atoms with Gasteiger partial charge in [0, 0.05) is 50.4 Å². The van der Waals surface area contributed by atoms with Crippen molar-refractivity contribution < 1.29 is 14.4 Å². The van der Waals surface area contributed by atoms with Gasteiger partial charge in [0.25, 0.3) is 0 Å². The lowest BCUT2D eigenvalue weighted by atomic mass is 9.92. The summed E-state index contributed by atoms with van der Waals surface area (Å²) in [5, 5.41) is 3.21. The largest absolute Gasteiger partial charge is 0.342 e. The van der Waals surface area contributed by atoms with E-state index in [4.69, 9.17) is 0 Å². The standard InChI is InChI=1S/C40H35N7O3S2.2H2S/c1-46(29-13-15-36-32(22-29)42-24-51-36)38(49)28(19-26-9-5-3-6-10-26)21-35(48)31-17-18-41-40(44-31)45-34(20-27-11-7-4-8-12-27)39(50)47(2)30-14-16-37-33(23-30)43-25-52-37;;/h3-18,22-25,28,34H,19-21H2,1-2H3,(H,41,44,45);2*1H2/t28-,34+;;/m1../s1. The Morgan fingerprint density at radius 1 is 0.667 bits per heavy atom. The van der Waals surface area contributed by atoms with E-state index in [1.807, 2.05) is 97.1 Å². The number of benzene rings is 4. The van der Waals surface area contributed by atoms with Crippen LogP contribution in [0.4, 0.5) is 17.3 Å². The highest BCUT2D eigenvalue weighted by atomic mass is 32.1. The zero-order valence-electron chi connectivity index (χ0n) is 29.5. The van der Waals surface area contributed by atoms with E-state index < -0.39 is 12.0 Å². The first-order chi connectivity index (χ1) is 25.3. The summed E-state index contributed by atoms with van der Waals surface area (Å²) in [6.45, 7) is 0. The molecule has 2 amide bonds. The monoisotopic (exact) mass is 793 g/mol. The highest BCUT2D eigenvalue weighted by Gasteiger charge is 2.29. The molecule has 1 N–H and O–H groups in total. The van der Waals surface area contributed by atoms with Crippen LogP contribution in [0.1, 0.15) is 28.0 Å². The Morgan fingerprint density at radius 3 is 1.78 bits per heavy atom. The second-order valence-corrected chi connectivity index (χ2v) is 14.2. The average Bonchev–Trinajstić information content (AvgIpc) is 3.86. The normalized spacial score (nSPS) is 11.9. The van der Waals surface area contributed by atoms with Crippen LogP contribution in [0.3, 0.4) is 0 Å². The van der Waals surface area contributed by atoms with Gasteiger partial charge in [-0.25, -0.2) is 19.9 Å². The van der Waals surface area contributed by atoms with Gasteiger partial charge in [0.2, 0.25) is 17.8 Å². The number of carbonyl (C=O) groups is 3. The van der Waals surface area contributed by atoms with E-state index in [1.54, 1.807) is 52.3 Å². The molecule has 0 saturated heterocycles. The number of carbonyl (C=O) groups excluding carboxylic acids is 3. The van der Waals surface area contributed by atoms with Crippen molar-refractivity contribution in [1.29, 1.82) is 0 Å². The van der Waals surface area contributed by atoms with Gasteiger partial charge in [-0.15, -0.1) is 22.7 Å². The molecular formula is C40H39N7O3S4. The molecular weight excluding hydrogens is 755 g/mol. The Bertz CT molecular complexity index is 2350. The third-order valence-electron chi connectivity index (χ3n) is 9.00. The van der Waals surface area contributed by atoms with Crippen molar-refractivity contribution in [2.24, 2.45) is 5.92 Å². The van der Waals surface area contributed by atoms with Crippen LogP contribution in [-0.2, 0) is 22.4 Å². The van der Waals surface area contributed by atoms with Gasteiger partial charge in [-0.05, 0) is 60.0 Å². The molecule has 0 aliphatic rings. The lowest BCUT2D eigenvalue weighted by molar-refractivity contribution is -0.122. The van der Waals surface area contributed by atoms with Crippen LogP contribution in [0.2, 0.25) is 0 Å². The first-order valence-electron chi connectivity index (χ1n) is 16.7. The summed E-state index contributed by atoms with van der Waals surface area (Å²) >= 11 is 3.08. The van der Waals surface area contributed by atoms with Gasteiger partial charge in [-0.1, -0.05) is 60.7 Å². The Labute approximate surface area is 335 Å².